The van der Waals surface area contributed by atoms with E-state index in [0.29, 0.717) is 12.1 Å². The van der Waals surface area contributed by atoms with E-state index in [1.54, 1.807) is 18.6 Å². The van der Waals surface area contributed by atoms with Crippen LogP contribution in [0.5, 0.6) is 0 Å². The molecule has 0 unspecified atom stereocenters. The fourth-order valence-electron chi connectivity index (χ4n) is 1.56. The lowest BCUT2D eigenvalue weighted by atomic mass is 10.2. The predicted octanol–water partition coefficient (Wildman–Crippen LogP) is 0.626. The van der Waals surface area contributed by atoms with Crippen LogP contribution in [0.1, 0.15) is 10.4 Å². The molecule has 0 aliphatic carbocycles. The smallest absolute Gasteiger partial charge is 0.251 e. The van der Waals surface area contributed by atoms with Crippen LogP contribution in [-0.2, 0) is 0 Å². The molecule has 90 valence electrons. The van der Waals surface area contributed by atoms with Gasteiger partial charge in [-0.3, -0.25) is 4.79 Å². The highest BCUT2D eigenvalue weighted by molar-refractivity contribution is 5.95. The lowest BCUT2D eigenvalue weighted by Crippen LogP contribution is -2.31. The standard InChI is InChI=1S/C12H16N4O/c1-15(2)6-4-14-12(17)10-3-5-16-9-13-8-11(16)7-10/h3,5,7-9H,4,6H2,1-2H3,(H,14,17). The maximum absolute atomic E-state index is 11.8. The van der Waals surface area contributed by atoms with Crippen molar-refractivity contribution in [3.8, 4) is 0 Å². The number of carbonyl (C=O) groups is 1. The first kappa shape index (κ1) is 11.6. The molecule has 2 heterocycles. The van der Waals surface area contributed by atoms with E-state index in [1.807, 2.05) is 35.7 Å². The van der Waals surface area contributed by atoms with E-state index < -0.39 is 0 Å². The zero-order chi connectivity index (χ0) is 12.3. The fourth-order valence-corrected chi connectivity index (χ4v) is 1.56. The molecule has 0 spiro atoms. The summed E-state index contributed by atoms with van der Waals surface area (Å²) >= 11 is 0. The topological polar surface area (TPSA) is 49.6 Å². The third kappa shape index (κ3) is 2.82. The Bertz CT molecular complexity index is 518. The van der Waals surface area contributed by atoms with E-state index >= 15 is 0 Å². The molecule has 17 heavy (non-hydrogen) atoms. The molecule has 0 fully saturated rings. The molecule has 5 heteroatoms. The summed E-state index contributed by atoms with van der Waals surface area (Å²) < 4.78 is 1.87. The van der Waals surface area contributed by atoms with Gasteiger partial charge in [-0.1, -0.05) is 0 Å². The normalized spacial score (nSPS) is 11.0. The van der Waals surface area contributed by atoms with E-state index in [-0.39, 0.29) is 5.91 Å². The van der Waals surface area contributed by atoms with E-state index in [2.05, 4.69) is 10.3 Å². The van der Waals surface area contributed by atoms with Crippen molar-refractivity contribution in [2.45, 2.75) is 0 Å². The van der Waals surface area contributed by atoms with E-state index in [1.165, 1.54) is 0 Å². The van der Waals surface area contributed by atoms with Gasteiger partial charge in [0.2, 0.25) is 0 Å². The number of likely N-dealkylation sites (N-methyl/N-ethyl adjacent to an activating group) is 1. The summed E-state index contributed by atoms with van der Waals surface area (Å²) in [5, 5.41) is 2.88. The summed E-state index contributed by atoms with van der Waals surface area (Å²) in [5.41, 5.74) is 1.59. The maximum atomic E-state index is 11.8. The number of amides is 1. The third-order valence-corrected chi connectivity index (χ3v) is 2.52. The van der Waals surface area contributed by atoms with Crippen LogP contribution in [0, 0.1) is 0 Å². The average molecular weight is 232 g/mol. The van der Waals surface area contributed by atoms with Gasteiger partial charge in [-0.25, -0.2) is 4.98 Å². The number of nitrogens with zero attached hydrogens (tertiary/aromatic N) is 3. The van der Waals surface area contributed by atoms with Gasteiger partial charge in [0, 0.05) is 24.8 Å². The second kappa shape index (κ2) is 4.97. The lowest BCUT2D eigenvalue weighted by molar-refractivity contribution is 0.0951. The molecular formula is C12H16N4O. The number of rotatable bonds is 4. The monoisotopic (exact) mass is 232 g/mol. The molecule has 0 bridgehead atoms. The number of hydrogen-bond acceptors (Lipinski definition) is 3. The highest BCUT2D eigenvalue weighted by Gasteiger charge is 2.05. The van der Waals surface area contributed by atoms with Gasteiger partial charge in [0.25, 0.3) is 5.91 Å². The molecule has 2 aromatic rings. The molecule has 0 atom stereocenters. The van der Waals surface area contributed by atoms with Crippen LogP contribution in [-0.4, -0.2) is 47.4 Å². The maximum Gasteiger partial charge on any atom is 0.251 e. The fraction of sp³-hybridized carbons (Fsp3) is 0.333. The SMILES string of the molecule is CN(C)CCNC(=O)c1ccn2cncc2c1. The van der Waals surface area contributed by atoms with Gasteiger partial charge in [0.1, 0.15) is 0 Å². The Morgan fingerprint density at radius 1 is 1.53 bits per heavy atom. The van der Waals surface area contributed by atoms with Crippen LogP contribution in [0.3, 0.4) is 0 Å². The quantitative estimate of drug-likeness (QED) is 0.841. The Morgan fingerprint density at radius 3 is 3.12 bits per heavy atom. The first-order valence-electron chi connectivity index (χ1n) is 5.51. The number of hydrogen-bond donors (Lipinski definition) is 1. The zero-order valence-corrected chi connectivity index (χ0v) is 10.1. The van der Waals surface area contributed by atoms with Crippen molar-refractivity contribution in [2.24, 2.45) is 0 Å². The van der Waals surface area contributed by atoms with Gasteiger partial charge in [0.15, 0.2) is 0 Å². The van der Waals surface area contributed by atoms with Crippen LogP contribution in [0.15, 0.2) is 30.9 Å². The molecule has 2 rings (SSSR count). The molecule has 0 aliphatic rings. The molecule has 0 saturated heterocycles. The van der Waals surface area contributed by atoms with Crippen LogP contribution >= 0.6 is 0 Å². The summed E-state index contributed by atoms with van der Waals surface area (Å²) in [4.78, 5) is 17.9. The molecule has 0 saturated carbocycles. The number of pyridine rings is 1. The first-order valence-corrected chi connectivity index (χ1v) is 5.51. The van der Waals surface area contributed by atoms with Gasteiger partial charge in [-0.05, 0) is 26.2 Å². The average Bonchev–Trinajstić information content (AvgIpc) is 2.75. The Labute approximate surface area is 100 Å². The van der Waals surface area contributed by atoms with Crippen molar-refractivity contribution in [1.82, 2.24) is 19.6 Å². The van der Waals surface area contributed by atoms with Gasteiger partial charge in [0.05, 0.1) is 18.0 Å². The number of nitrogens with one attached hydrogen (secondary N) is 1. The summed E-state index contributed by atoms with van der Waals surface area (Å²) in [7, 11) is 3.95. The minimum Gasteiger partial charge on any atom is -0.351 e. The van der Waals surface area contributed by atoms with Gasteiger partial charge in [-0.2, -0.15) is 0 Å². The molecular weight excluding hydrogens is 216 g/mol. The second-order valence-electron chi connectivity index (χ2n) is 4.20. The van der Waals surface area contributed by atoms with Gasteiger partial charge < -0.3 is 14.6 Å². The number of fused-ring (bicyclic) bond motifs is 1. The molecule has 1 N–H and O–H groups in total. The van der Waals surface area contributed by atoms with Crippen LogP contribution in [0.2, 0.25) is 0 Å². The number of aromatic nitrogens is 2. The summed E-state index contributed by atoms with van der Waals surface area (Å²) in [5.74, 6) is -0.0458. The van der Waals surface area contributed by atoms with Gasteiger partial charge >= 0.3 is 0 Å². The Kier molecular flexibility index (Phi) is 3.39. The molecule has 5 nitrogen and oxygen atoms in total. The Balaban J connectivity index is 2.03. The largest absolute Gasteiger partial charge is 0.351 e. The van der Waals surface area contributed by atoms with Crippen LogP contribution < -0.4 is 5.32 Å². The minimum absolute atomic E-state index is 0.0458. The highest BCUT2D eigenvalue weighted by atomic mass is 16.1. The summed E-state index contributed by atoms with van der Waals surface area (Å²) in [6.07, 6.45) is 5.28. The molecule has 0 aromatic carbocycles. The van der Waals surface area contributed by atoms with Crippen molar-refractivity contribution in [3.63, 3.8) is 0 Å². The Hall–Kier alpha value is -1.88. The zero-order valence-electron chi connectivity index (χ0n) is 10.1. The predicted molar refractivity (Wildman–Crippen MR) is 66.1 cm³/mol. The number of carbonyl (C=O) groups excluding carboxylic acids is 1. The van der Waals surface area contributed by atoms with Crippen LogP contribution in [0.25, 0.3) is 5.52 Å². The lowest BCUT2D eigenvalue weighted by Gasteiger charge is -2.10. The molecule has 0 radical (unpaired) electrons. The van der Waals surface area contributed by atoms with Crippen LogP contribution in [0.4, 0.5) is 0 Å². The van der Waals surface area contributed by atoms with Crippen molar-refractivity contribution < 1.29 is 4.79 Å². The third-order valence-electron chi connectivity index (χ3n) is 2.52. The summed E-state index contributed by atoms with van der Waals surface area (Å²) in [6.45, 7) is 1.48. The molecule has 1 amide bonds. The van der Waals surface area contributed by atoms with Gasteiger partial charge in [-0.15, -0.1) is 0 Å². The first-order chi connectivity index (χ1) is 8.16. The van der Waals surface area contributed by atoms with E-state index in [0.717, 1.165) is 12.1 Å². The summed E-state index contributed by atoms with van der Waals surface area (Å²) in [6, 6.07) is 3.62. The van der Waals surface area contributed by atoms with Crippen molar-refractivity contribution in [2.75, 3.05) is 27.2 Å². The Morgan fingerprint density at radius 2 is 2.35 bits per heavy atom. The molecule has 0 aliphatic heterocycles. The minimum atomic E-state index is -0.0458. The molecule has 2 aromatic heterocycles. The van der Waals surface area contributed by atoms with E-state index in [4.69, 9.17) is 0 Å². The van der Waals surface area contributed by atoms with Crippen molar-refractivity contribution >= 4 is 11.4 Å². The van der Waals surface area contributed by atoms with Crippen molar-refractivity contribution in [1.29, 1.82) is 0 Å². The van der Waals surface area contributed by atoms with E-state index in [9.17, 15) is 4.79 Å². The highest BCUT2D eigenvalue weighted by Crippen LogP contribution is 2.06. The number of imidazole rings is 1. The second-order valence-corrected chi connectivity index (χ2v) is 4.20. The van der Waals surface area contributed by atoms with Crippen molar-refractivity contribution in [3.05, 3.63) is 36.4 Å².